The molecule has 2 rings (SSSR count). The first-order valence-electron chi connectivity index (χ1n) is 5.74. The second kappa shape index (κ2) is 6.29. The molecule has 6 heteroatoms. The lowest BCUT2D eigenvalue weighted by Crippen LogP contribution is -2.21. The first kappa shape index (κ1) is 13.5. The Morgan fingerprint density at radius 1 is 1.42 bits per heavy atom. The molecule has 5 nitrogen and oxygen atoms in total. The fourth-order valence-corrected chi connectivity index (χ4v) is 2.22. The van der Waals surface area contributed by atoms with Crippen LogP contribution in [-0.2, 0) is 6.54 Å². The number of aromatic amines is 1. The van der Waals surface area contributed by atoms with Crippen molar-refractivity contribution in [1.29, 1.82) is 5.26 Å². The van der Waals surface area contributed by atoms with E-state index in [9.17, 15) is 9.90 Å². The van der Waals surface area contributed by atoms with E-state index in [2.05, 4.69) is 10.3 Å². The lowest BCUT2D eigenvalue weighted by atomic mass is 10.1. The predicted molar refractivity (Wildman–Crippen MR) is 72.8 cm³/mol. The Morgan fingerprint density at radius 3 is 2.74 bits per heavy atom. The van der Waals surface area contributed by atoms with Crippen molar-refractivity contribution in [3.8, 4) is 6.07 Å². The summed E-state index contributed by atoms with van der Waals surface area (Å²) < 4.78 is 0. The monoisotopic (exact) mass is 275 g/mol. The van der Waals surface area contributed by atoms with Crippen molar-refractivity contribution in [2.24, 2.45) is 0 Å². The molecular formula is C13H13N3O2S. The zero-order valence-electron chi connectivity index (χ0n) is 10.1. The number of aliphatic hydroxyl groups excluding tert-OH is 1. The second-order valence-corrected chi connectivity index (χ2v) is 4.90. The number of nitrogens with one attached hydrogen (secondary N) is 2. The molecule has 19 heavy (non-hydrogen) atoms. The molecule has 0 aliphatic carbocycles. The van der Waals surface area contributed by atoms with Crippen molar-refractivity contribution in [3.63, 3.8) is 0 Å². The molecule has 3 N–H and O–H groups in total. The highest BCUT2D eigenvalue weighted by molar-refractivity contribution is 7.07. The molecule has 0 saturated carbocycles. The molecule has 1 atom stereocenters. The third-order valence-electron chi connectivity index (χ3n) is 2.65. The maximum absolute atomic E-state index is 10.9. The Kier molecular flexibility index (Phi) is 4.47. The van der Waals surface area contributed by atoms with E-state index in [1.165, 1.54) is 0 Å². The van der Waals surface area contributed by atoms with Gasteiger partial charge in [-0.15, -0.1) is 0 Å². The van der Waals surface area contributed by atoms with Crippen LogP contribution in [0.3, 0.4) is 0 Å². The van der Waals surface area contributed by atoms with Gasteiger partial charge in [-0.1, -0.05) is 23.5 Å². The number of nitriles is 1. The number of benzene rings is 1. The van der Waals surface area contributed by atoms with Gasteiger partial charge >= 0.3 is 4.87 Å². The summed E-state index contributed by atoms with van der Waals surface area (Å²) in [6, 6.07) is 8.85. The van der Waals surface area contributed by atoms with Gasteiger partial charge in [0.25, 0.3) is 0 Å². The van der Waals surface area contributed by atoms with E-state index in [1.807, 2.05) is 6.07 Å². The van der Waals surface area contributed by atoms with Crippen LogP contribution in [0.2, 0.25) is 0 Å². The van der Waals surface area contributed by atoms with Crippen LogP contribution in [0.25, 0.3) is 0 Å². The number of nitrogens with zero attached hydrogens (tertiary/aromatic N) is 1. The largest absolute Gasteiger partial charge is 0.387 e. The van der Waals surface area contributed by atoms with Gasteiger partial charge in [0.2, 0.25) is 0 Å². The maximum Gasteiger partial charge on any atom is 0.304 e. The summed E-state index contributed by atoms with van der Waals surface area (Å²) in [4.78, 5) is 13.5. The number of aliphatic hydroxyl groups is 1. The van der Waals surface area contributed by atoms with Gasteiger partial charge in [0.15, 0.2) is 0 Å². The van der Waals surface area contributed by atoms with Crippen molar-refractivity contribution in [3.05, 3.63) is 56.1 Å². The van der Waals surface area contributed by atoms with Gasteiger partial charge in [0.05, 0.1) is 17.7 Å². The van der Waals surface area contributed by atoms with Crippen LogP contribution in [0, 0.1) is 11.3 Å². The minimum Gasteiger partial charge on any atom is -0.387 e. The van der Waals surface area contributed by atoms with Gasteiger partial charge in [-0.3, -0.25) is 4.79 Å². The molecule has 98 valence electrons. The van der Waals surface area contributed by atoms with Crippen LogP contribution in [0.5, 0.6) is 0 Å². The van der Waals surface area contributed by atoms with Crippen molar-refractivity contribution < 1.29 is 5.11 Å². The molecule has 1 aromatic heterocycles. The van der Waals surface area contributed by atoms with Crippen molar-refractivity contribution >= 4 is 11.3 Å². The van der Waals surface area contributed by atoms with Gasteiger partial charge in [-0.2, -0.15) is 5.26 Å². The maximum atomic E-state index is 10.9. The summed E-state index contributed by atoms with van der Waals surface area (Å²) >= 11 is 1.12. The Balaban J connectivity index is 1.85. The van der Waals surface area contributed by atoms with E-state index < -0.39 is 6.10 Å². The van der Waals surface area contributed by atoms with Crippen LogP contribution in [0.15, 0.2) is 34.4 Å². The van der Waals surface area contributed by atoms with Gasteiger partial charge in [0.1, 0.15) is 0 Å². The third-order valence-corrected chi connectivity index (χ3v) is 3.37. The van der Waals surface area contributed by atoms with Crippen LogP contribution in [-0.4, -0.2) is 16.6 Å². The summed E-state index contributed by atoms with van der Waals surface area (Å²) in [7, 11) is 0. The average Bonchev–Trinajstić information content (AvgIpc) is 2.84. The van der Waals surface area contributed by atoms with E-state index in [0.29, 0.717) is 18.7 Å². The Hall–Kier alpha value is -1.94. The minimum absolute atomic E-state index is 0.0792. The highest BCUT2D eigenvalue weighted by Crippen LogP contribution is 2.12. The quantitative estimate of drug-likeness (QED) is 0.763. The van der Waals surface area contributed by atoms with E-state index >= 15 is 0 Å². The van der Waals surface area contributed by atoms with E-state index in [0.717, 1.165) is 22.6 Å². The number of thiazole rings is 1. The number of rotatable bonds is 5. The number of H-pyrrole nitrogens is 1. The zero-order chi connectivity index (χ0) is 13.7. The normalized spacial score (nSPS) is 12.0. The molecule has 0 bridgehead atoms. The molecule has 0 aliphatic rings. The molecule has 0 saturated heterocycles. The molecule has 0 radical (unpaired) electrons. The number of hydrogen-bond acceptors (Lipinski definition) is 5. The lowest BCUT2D eigenvalue weighted by Gasteiger charge is -2.11. The summed E-state index contributed by atoms with van der Waals surface area (Å²) in [6.45, 7) is 0.885. The molecule has 2 aromatic rings. The highest BCUT2D eigenvalue weighted by atomic mass is 32.1. The van der Waals surface area contributed by atoms with Crippen molar-refractivity contribution in [2.45, 2.75) is 12.6 Å². The average molecular weight is 275 g/mol. The third kappa shape index (κ3) is 3.76. The fourth-order valence-electron chi connectivity index (χ4n) is 1.64. The van der Waals surface area contributed by atoms with E-state index in [1.54, 1.807) is 29.6 Å². The van der Waals surface area contributed by atoms with Crippen LogP contribution in [0.1, 0.15) is 22.9 Å². The van der Waals surface area contributed by atoms with Gasteiger partial charge in [-0.05, 0) is 17.7 Å². The van der Waals surface area contributed by atoms with E-state index in [-0.39, 0.29) is 4.87 Å². The summed E-state index contributed by atoms with van der Waals surface area (Å²) in [5, 5.41) is 23.5. The summed E-state index contributed by atoms with van der Waals surface area (Å²) in [5.74, 6) is 0. The first-order valence-corrected chi connectivity index (χ1v) is 6.62. The topological polar surface area (TPSA) is 88.9 Å². The van der Waals surface area contributed by atoms with E-state index in [4.69, 9.17) is 5.26 Å². The van der Waals surface area contributed by atoms with Gasteiger partial charge in [0, 0.05) is 24.2 Å². The van der Waals surface area contributed by atoms with Crippen molar-refractivity contribution in [1.82, 2.24) is 10.3 Å². The Labute approximate surface area is 114 Å². The zero-order valence-corrected chi connectivity index (χ0v) is 10.9. The molecule has 0 spiro atoms. The lowest BCUT2D eigenvalue weighted by molar-refractivity contribution is 0.174. The Morgan fingerprint density at radius 2 is 2.16 bits per heavy atom. The van der Waals surface area contributed by atoms with Crippen LogP contribution < -0.4 is 10.2 Å². The van der Waals surface area contributed by atoms with Crippen LogP contribution in [0.4, 0.5) is 0 Å². The van der Waals surface area contributed by atoms with Crippen LogP contribution >= 0.6 is 11.3 Å². The predicted octanol–water partition coefficient (Wildman–Crippen LogP) is 1.13. The Bertz CT molecular complexity index is 624. The summed E-state index contributed by atoms with van der Waals surface area (Å²) in [6.07, 6.45) is -0.641. The molecule has 0 fully saturated rings. The highest BCUT2D eigenvalue weighted by Gasteiger charge is 2.07. The summed E-state index contributed by atoms with van der Waals surface area (Å²) in [5.41, 5.74) is 2.13. The molecule has 0 amide bonds. The smallest absolute Gasteiger partial charge is 0.304 e. The van der Waals surface area contributed by atoms with Gasteiger partial charge in [-0.25, -0.2) is 0 Å². The standard InChI is InChI=1S/C13H13N3O2S/c14-5-9-1-3-10(4-2-9)12(17)7-15-6-11-8-19-13(18)16-11/h1-4,8,12,15,17H,6-7H2,(H,16,18). The second-order valence-electron chi connectivity index (χ2n) is 4.05. The molecular weight excluding hydrogens is 262 g/mol. The fraction of sp³-hybridized carbons (Fsp3) is 0.231. The minimum atomic E-state index is -0.641. The molecule has 0 aliphatic heterocycles. The number of hydrogen-bond donors (Lipinski definition) is 3. The first-order chi connectivity index (χ1) is 9.19. The molecule has 1 aromatic carbocycles. The number of aromatic nitrogens is 1. The molecule has 1 heterocycles. The molecule has 1 unspecified atom stereocenters. The van der Waals surface area contributed by atoms with Crippen molar-refractivity contribution in [2.75, 3.05) is 6.54 Å². The van der Waals surface area contributed by atoms with Gasteiger partial charge < -0.3 is 15.4 Å². The SMILES string of the molecule is N#Cc1ccc(C(O)CNCc2csc(=O)[nH]2)cc1.